The van der Waals surface area contributed by atoms with Gasteiger partial charge in [0, 0.05) is 16.9 Å². The zero-order chi connectivity index (χ0) is 17.9. The summed E-state index contributed by atoms with van der Waals surface area (Å²) in [6.45, 7) is 3.01. The number of benzene rings is 1. The third-order valence-electron chi connectivity index (χ3n) is 3.40. The lowest BCUT2D eigenvalue weighted by Crippen LogP contribution is -2.25. The molecule has 1 heterocycles. The Morgan fingerprint density at radius 3 is 2.71 bits per heavy atom. The standard InChI is InChI=1S/C15H17F2N3O3S/c1-3-24(22,23)9-14(21)19-15-10(2)7-18-20(15)8-11-6-12(16)4-5-13(11)17/h4-7H,3,8-9H2,1-2H3,(H,19,21). The minimum atomic E-state index is -3.47. The van der Waals surface area contributed by atoms with E-state index in [1.54, 1.807) is 6.92 Å². The molecule has 0 fully saturated rings. The number of nitrogens with zero attached hydrogens (tertiary/aromatic N) is 2. The number of hydrogen-bond donors (Lipinski definition) is 1. The molecule has 0 saturated heterocycles. The molecule has 0 saturated carbocycles. The van der Waals surface area contributed by atoms with Crippen molar-refractivity contribution in [1.29, 1.82) is 0 Å². The van der Waals surface area contributed by atoms with Gasteiger partial charge in [-0.1, -0.05) is 6.92 Å². The molecule has 24 heavy (non-hydrogen) atoms. The molecule has 0 aliphatic rings. The molecule has 0 atom stereocenters. The number of carbonyl (C=O) groups excluding carboxylic acids is 1. The van der Waals surface area contributed by atoms with Gasteiger partial charge < -0.3 is 5.32 Å². The van der Waals surface area contributed by atoms with E-state index < -0.39 is 33.1 Å². The first-order valence-electron chi connectivity index (χ1n) is 7.18. The van der Waals surface area contributed by atoms with Crippen LogP contribution in [0, 0.1) is 18.6 Å². The zero-order valence-corrected chi connectivity index (χ0v) is 14.0. The number of sulfone groups is 1. The molecule has 2 aromatic rings. The van der Waals surface area contributed by atoms with E-state index in [0.29, 0.717) is 5.56 Å². The molecule has 1 amide bonds. The third-order valence-corrected chi connectivity index (χ3v) is 4.98. The van der Waals surface area contributed by atoms with Crippen LogP contribution < -0.4 is 5.32 Å². The van der Waals surface area contributed by atoms with Crippen molar-refractivity contribution in [2.75, 3.05) is 16.8 Å². The Kier molecular flexibility index (Phi) is 5.33. The van der Waals surface area contributed by atoms with Gasteiger partial charge in [-0.2, -0.15) is 5.10 Å². The largest absolute Gasteiger partial charge is 0.310 e. The fraction of sp³-hybridized carbons (Fsp3) is 0.333. The van der Waals surface area contributed by atoms with Gasteiger partial charge in [0.25, 0.3) is 0 Å². The lowest BCUT2D eigenvalue weighted by atomic mass is 10.2. The van der Waals surface area contributed by atoms with E-state index in [9.17, 15) is 22.0 Å². The molecule has 1 aromatic heterocycles. The number of aromatic nitrogens is 2. The van der Waals surface area contributed by atoms with Crippen LogP contribution in [0.4, 0.5) is 14.6 Å². The average molecular weight is 357 g/mol. The second-order valence-corrected chi connectivity index (χ2v) is 7.65. The summed E-state index contributed by atoms with van der Waals surface area (Å²) in [6.07, 6.45) is 1.45. The first-order valence-corrected chi connectivity index (χ1v) is 9.00. The predicted molar refractivity (Wildman–Crippen MR) is 85.4 cm³/mol. The summed E-state index contributed by atoms with van der Waals surface area (Å²) in [5.74, 6) is -2.45. The van der Waals surface area contributed by atoms with Gasteiger partial charge in [-0.25, -0.2) is 21.9 Å². The molecule has 0 bridgehead atoms. The Hall–Kier alpha value is -2.29. The minimum Gasteiger partial charge on any atom is -0.310 e. The molecule has 130 valence electrons. The molecule has 9 heteroatoms. The van der Waals surface area contributed by atoms with Crippen LogP contribution in [0.15, 0.2) is 24.4 Å². The van der Waals surface area contributed by atoms with E-state index >= 15 is 0 Å². The van der Waals surface area contributed by atoms with Crippen LogP contribution >= 0.6 is 0 Å². The number of anilines is 1. The second kappa shape index (κ2) is 7.08. The number of nitrogens with one attached hydrogen (secondary N) is 1. The summed E-state index contributed by atoms with van der Waals surface area (Å²) >= 11 is 0. The van der Waals surface area contributed by atoms with E-state index in [0.717, 1.165) is 18.2 Å². The van der Waals surface area contributed by atoms with Crippen molar-refractivity contribution in [2.45, 2.75) is 20.4 Å². The predicted octanol–water partition coefficient (Wildman–Crippen LogP) is 1.89. The van der Waals surface area contributed by atoms with Crippen molar-refractivity contribution in [3.05, 3.63) is 47.2 Å². The lowest BCUT2D eigenvalue weighted by molar-refractivity contribution is -0.113. The Bertz CT molecular complexity index is 863. The Labute approximate surface area is 138 Å². The van der Waals surface area contributed by atoms with Crippen molar-refractivity contribution < 1.29 is 22.0 Å². The summed E-state index contributed by atoms with van der Waals surface area (Å²) in [5.41, 5.74) is 0.642. The molecule has 2 rings (SSSR count). The molecule has 0 unspecified atom stereocenters. The van der Waals surface area contributed by atoms with E-state index in [1.807, 2.05) is 0 Å². The van der Waals surface area contributed by atoms with Crippen molar-refractivity contribution in [3.8, 4) is 0 Å². The van der Waals surface area contributed by atoms with Crippen molar-refractivity contribution in [1.82, 2.24) is 9.78 Å². The third kappa shape index (κ3) is 4.38. The highest BCUT2D eigenvalue weighted by Gasteiger charge is 2.18. The number of rotatable bonds is 6. The molecule has 0 spiro atoms. The maximum atomic E-state index is 13.8. The zero-order valence-electron chi connectivity index (χ0n) is 13.2. The first kappa shape index (κ1) is 18.1. The van der Waals surface area contributed by atoms with Gasteiger partial charge in [0.2, 0.25) is 5.91 Å². The van der Waals surface area contributed by atoms with Crippen molar-refractivity contribution in [2.24, 2.45) is 0 Å². The van der Waals surface area contributed by atoms with Crippen LogP contribution in [0.25, 0.3) is 0 Å². The van der Waals surface area contributed by atoms with Crippen LogP contribution in [0.2, 0.25) is 0 Å². The number of hydrogen-bond acceptors (Lipinski definition) is 4. The van der Waals surface area contributed by atoms with Gasteiger partial charge in [0.15, 0.2) is 9.84 Å². The highest BCUT2D eigenvalue weighted by molar-refractivity contribution is 7.92. The fourth-order valence-corrected chi connectivity index (χ4v) is 2.73. The molecule has 0 aliphatic carbocycles. The molecule has 1 aromatic carbocycles. The lowest BCUT2D eigenvalue weighted by Gasteiger charge is -2.11. The van der Waals surface area contributed by atoms with Crippen LogP contribution in [0.1, 0.15) is 18.1 Å². The number of carbonyl (C=O) groups is 1. The maximum Gasteiger partial charge on any atom is 0.240 e. The van der Waals surface area contributed by atoms with E-state index in [4.69, 9.17) is 0 Å². The molecular formula is C15H17F2N3O3S. The summed E-state index contributed by atoms with van der Waals surface area (Å²) in [4.78, 5) is 11.9. The molecular weight excluding hydrogens is 340 g/mol. The van der Waals surface area contributed by atoms with Crippen LogP contribution in [0.3, 0.4) is 0 Å². The van der Waals surface area contributed by atoms with E-state index in [-0.39, 0.29) is 23.7 Å². The van der Waals surface area contributed by atoms with Gasteiger partial charge in [0.05, 0.1) is 12.7 Å². The average Bonchev–Trinajstić information content (AvgIpc) is 2.83. The highest BCUT2D eigenvalue weighted by atomic mass is 32.2. The van der Waals surface area contributed by atoms with Crippen LogP contribution in [-0.2, 0) is 21.2 Å². The van der Waals surface area contributed by atoms with Gasteiger partial charge in [0.1, 0.15) is 23.2 Å². The van der Waals surface area contributed by atoms with Crippen LogP contribution in [0.5, 0.6) is 0 Å². The Morgan fingerprint density at radius 1 is 1.33 bits per heavy atom. The molecule has 0 aliphatic heterocycles. The highest BCUT2D eigenvalue weighted by Crippen LogP contribution is 2.18. The number of halogens is 2. The van der Waals surface area contributed by atoms with Gasteiger partial charge in [-0.3, -0.25) is 4.79 Å². The monoisotopic (exact) mass is 357 g/mol. The van der Waals surface area contributed by atoms with Crippen molar-refractivity contribution in [3.63, 3.8) is 0 Å². The second-order valence-electron chi connectivity index (χ2n) is 5.29. The van der Waals surface area contributed by atoms with Crippen LogP contribution in [-0.4, -0.2) is 35.6 Å². The van der Waals surface area contributed by atoms with Crippen molar-refractivity contribution >= 4 is 21.6 Å². The van der Waals surface area contributed by atoms with Gasteiger partial charge in [-0.05, 0) is 25.1 Å². The molecule has 0 radical (unpaired) electrons. The quantitative estimate of drug-likeness (QED) is 0.856. The van der Waals surface area contributed by atoms with E-state index in [2.05, 4.69) is 10.4 Å². The SMILES string of the molecule is CCS(=O)(=O)CC(=O)Nc1c(C)cnn1Cc1cc(F)ccc1F. The Balaban J connectivity index is 2.22. The molecule has 6 nitrogen and oxygen atoms in total. The van der Waals surface area contributed by atoms with Gasteiger partial charge >= 0.3 is 0 Å². The fourth-order valence-electron chi connectivity index (χ4n) is 2.06. The summed E-state index contributed by atoms with van der Waals surface area (Å²) in [5, 5.41) is 6.48. The molecule has 1 N–H and O–H groups in total. The maximum absolute atomic E-state index is 13.8. The summed E-state index contributed by atoms with van der Waals surface area (Å²) < 4.78 is 51.3. The minimum absolute atomic E-state index is 0.0646. The van der Waals surface area contributed by atoms with Gasteiger partial charge in [-0.15, -0.1) is 0 Å². The summed E-state index contributed by atoms with van der Waals surface area (Å²) in [6, 6.07) is 3.05. The number of aryl methyl sites for hydroxylation is 1. The number of amides is 1. The van der Waals surface area contributed by atoms with E-state index in [1.165, 1.54) is 17.8 Å². The topological polar surface area (TPSA) is 81.1 Å². The smallest absolute Gasteiger partial charge is 0.240 e. The normalized spacial score (nSPS) is 11.5. The first-order chi connectivity index (χ1) is 11.2. The summed E-state index contributed by atoms with van der Waals surface area (Å²) in [7, 11) is -3.47. The Morgan fingerprint density at radius 2 is 2.04 bits per heavy atom.